The van der Waals surface area contributed by atoms with Crippen molar-refractivity contribution in [3.63, 3.8) is 0 Å². The van der Waals surface area contributed by atoms with Gasteiger partial charge in [0, 0.05) is 7.11 Å². The minimum atomic E-state index is 0.201. The molecule has 0 amide bonds. The summed E-state index contributed by atoms with van der Waals surface area (Å²) in [5.74, 6) is 0. The third kappa shape index (κ3) is 3.80. The lowest BCUT2D eigenvalue weighted by Crippen LogP contribution is -1.98. The molecule has 0 radical (unpaired) electrons. The van der Waals surface area contributed by atoms with Crippen LogP contribution in [-0.2, 0) is 4.74 Å². The van der Waals surface area contributed by atoms with Gasteiger partial charge in [0.2, 0.25) is 0 Å². The molecule has 19 heavy (non-hydrogen) atoms. The highest BCUT2D eigenvalue weighted by Crippen LogP contribution is 2.20. The van der Waals surface area contributed by atoms with Gasteiger partial charge in [0.15, 0.2) is 0 Å². The fraction of sp³-hybridized carbons (Fsp3) is 0.222. The molecular formula is C18H20O. The first-order valence-electron chi connectivity index (χ1n) is 6.69. The zero-order valence-corrected chi connectivity index (χ0v) is 11.5. The van der Waals surface area contributed by atoms with Gasteiger partial charge in [-0.05, 0) is 23.1 Å². The van der Waals surface area contributed by atoms with Gasteiger partial charge in [0.1, 0.15) is 0 Å². The van der Waals surface area contributed by atoms with Crippen LogP contribution in [0.2, 0.25) is 0 Å². The third-order valence-electron chi connectivity index (χ3n) is 3.23. The molecule has 0 fully saturated rings. The maximum absolute atomic E-state index is 5.44. The lowest BCUT2D eigenvalue weighted by molar-refractivity contribution is 0.100. The number of methoxy groups -OCH3 is 1. The largest absolute Gasteiger partial charge is 0.377 e. The van der Waals surface area contributed by atoms with E-state index in [2.05, 4.69) is 55.5 Å². The van der Waals surface area contributed by atoms with Crippen molar-refractivity contribution in [3.05, 3.63) is 71.3 Å². The average molecular weight is 252 g/mol. The molecule has 0 bridgehead atoms. The van der Waals surface area contributed by atoms with E-state index in [4.69, 9.17) is 4.74 Å². The maximum atomic E-state index is 5.44. The van der Waals surface area contributed by atoms with E-state index in [1.807, 2.05) is 18.2 Å². The second-order valence-corrected chi connectivity index (χ2v) is 4.54. The Hall–Kier alpha value is -1.86. The molecule has 1 nitrogen and oxygen atoms in total. The molecule has 0 aliphatic rings. The predicted molar refractivity (Wildman–Crippen MR) is 81.9 cm³/mol. The first-order chi connectivity index (χ1) is 9.33. The molecule has 0 saturated heterocycles. The summed E-state index contributed by atoms with van der Waals surface area (Å²) in [7, 11) is 1.76. The van der Waals surface area contributed by atoms with Gasteiger partial charge < -0.3 is 4.74 Å². The van der Waals surface area contributed by atoms with Crippen LogP contribution in [0.25, 0.3) is 12.2 Å². The van der Waals surface area contributed by atoms with Gasteiger partial charge in [-0.15, -0.1) is 0 Å². The van der Waals surface area contributed by atoms with E-state index >= 15 is 0 Å². The topological polar surface area (TPSA) is 9.23 Å². The van der Waals surface area contributed by atoms with Gasteiger partial charge in [0.25, 0.3) is 0 Å². The van der Waals surface area contributed by atoms with Crippen LogP contribution in [0.4, 0.5) is 0 Å². The average Bonchev–Trinajstić information content (AvgIpc) is 2.49. The Labute approximate surface area is 115 Å². The Morgan fingerprint density at radius 1 is 0.895 bits per heavy atom. The van der Waals surface area contributed by atoms with E-state index in [0.717, 1.165) is 6.42 Å². The molecule has 1 heteroatoms. The van der Waals surface area contributed by atoms with Crippen molar-refractivity contribution in [2.24, 2.45) is 0 Å². The van der Waals surface area contributed by atoms with Crippen molar-refractivity contribution >= 4 is 12.2 Å². The highest BCUT2D eigenvalue weighted by molar-refractivity contribution is 5.69. The summed E-state index contributed by atoms with van der Waals surface area (Å²) < 4.78 is 5.44. The van der Waals surface area contributed by atoms with Crippen molar-refractivity contribution in [3.8, 4) is 0 Å². The molecule has 0 aromatic heterocycles. The lowest BCUT2D eigenvalue weighted by atomic mass is 10.0. The molecule has 0 spiro atoms. The Bertz CT molecular complexity index is 507. The molecule has 2 aromatic carbocycles. The molecule has 1 unspecified atom stereocenters. The van der Waals surface area contributed by atoms with Crippen LogP contribution >= 0.6 is 0 Å². The lowest BCUT2D eigenvalue weighted by Gasteiger charge is -2.13. The molecule has 0 saturated carbocycles. The van der Waals surface area contributed by atoms with Crippen molar-refractivity contribution in [1.29, 1.82) is 0 Å². The van der Waals surface area contributed by atoms with Crippen molar-refractivity contribution in [2.75, 3.05) is 7.11 Å². The summed E-state index contributed by atoms with van der Waals surface area (Å²) in [6.45, 7) is 2.14. The number of hydrogen-bond acceptors (Lipinski definition) is 1. The van der Waals surface area contributed by atoms with Crippen molar-refractivity contribution in [1.82, 2.24) is 0 Å². The highest BCUT2D eigenvalue weighted by Gasteiger charge is 2.06. The predicted octanol–water partition coefficient (Wildman–Crippen LogP) is 4.95. The quantitative estimate of drug-likeness (QED) is 0.684. The molecule has 1 atom stereocenters. The number of ether oxygens (including phenoxy) is 1. The van der Waals surface area contributed by atoms with Crippen molar-refractivity contribution in [2.45, 2.75) is 19.4 Å². The Morgan fingerprint density at radius 2 is 1.47 bits per heavy atom. The summed E-state index contributed by atoms with van der Waals surface area (Å²) in [5.41, 5.74) is 3.66. The maximum Gasteiger partial charge on any atom is 0.0818 e. The van der Waals surface area contributed by atoms with Crippen molar-refractivity contribution < 1.29 is 4.74 Å². The van der Waals surface area contributed by atoms with Gasteiger partial charge in [-0.1, -0.05) is 73.7 Å². The minimum absolute atomic E-state index is 0.201. The van der Waals surface area contributed by atoms with Gasteiger partial charge >= 0.3 is 0 Å². The molecule has 0 aliphatic heterocycles. The summed E-state index contributed by atoms with van der Waals surface area (Å²) in [6.07, 6.45) is 5.46. The molecule has 2 rings (SSSR count). The van der Waals surface area contributed by atoms with Crippen LogP contribution in [0.1, 0.15) is 36.1 Å². The minimum Gasteiger partial charge on any atom is -0.377 e. The molecule has 0 heterocycles. The first kappa shape index (κ1) is 13.6. The second kappa shape index (κ2) is 6.91. The Kier molecular flexibility index (Phi) is 4.93. The highest BCUT2D eigenvalue weighted by atomic mass is 16.5. The third-order valence-corrected chi connectivity index (χ3v) is 3.23. The first-order valence-corrected chi connectivity index (χ1v) is 6.69. The standard InChI is InChI=1S/C18H20O/c1-3-18(19-2)17-13-11-16(12-14-17)10-9-15-7-5-4-6-8-15/h4-14,18H,3H2,1-2H3/b10-9+. The molecule has 0 aliphatic carbocycles. The van der Waals surface area contributed by atoms with E-state index in [9.17, 15) is 0 Å². The molecule has 0 N–H and O–H groups in total. The zero-order chi connectivity index (χ0) is 13.5. The number of benzene rings is 2. The summed E-state index contributed by atoms with van der Waals surface area (Å²) in [6, 6.07) is 18.9. The zero-order valence-electron chi connectivity index (χ0n) is 11.5. The molecule has 2 aromatic rings. The van der Waals surface area contributed by atoms with Gasteiger partial charge in [-0.25, -0.2) is 0 Å². The normalized spacial score (nSPS) is 12.7. The van der Waals surface area contributed by atoms with E-state index < -0.39 is 0 Å². The Morgan fingerprint density at radius 3 is 2.00 bits per heavy atom. The van der Waals surface area contributed by atoms with E-state index in [-0.39, 0.29) is 6.10 Å². The van der Waals surface area contributed by atoms with E-state index in [1.165, 1.54) is 16.7 Å². The van der Waals surface area contributed by atoms with Crippen LogP contribution in [0.5, 0.6) is 0 Å². The molecular weight excluding hydrogens is 232 g/mol. The van der Waals surface area contributed by atoms with Crippen LogP contribution < -0.4 is 0 Å². The van der Waals surface area contributed by atoms with Crippen LogP contribution in [-0.4, -0.2) is 7.11 Å². The fourth-order valence-electron chi connectivity index (χ4n) is 2.12. The van der Waals surface area contributed by atoms with Gasteiger partial charge in [0.05, 0.1) is 6.10 Å². The van der Waals surface area contributed by atoms with Crippen LogP contribution in [0.15, 0.2) is 54.6 Å². The second-order valence-electron chi connectivity index (χ2n) is 4.54. The van der Waals surface area contributed by atoms with E-state index in [0.29, 0.717) is 0 Å². The van der Waals surface area contributed by atoms with E-state index in [1.54, 1.807) is 7.11 Å². The van der Waals surface area contributed by atoms with Crippen LogP contribution in [0, 0.1) is 0 Å². The SMILES string of the molecule is CCC(OC)c1ccc(/C=C/c2ccccc2)cc1. The number of hydrogen-bond donors (Lipinski definition) is 0. The smallest absolute Gasteiger partial charge is 0.0818 e. The van der Waals surface area contributed by atoms with Gasteiger partial charge in [-0.2, -0.15) is 0 Å². The summed E-state index contributed by atoms with van der Waals surface area (Å²) in [5, 5.41) is 0. The van der Waals surface area contributed by atoms with Gasteiger partial charge in [-0.3, -0.25) is 0 Å². The molecule has 98 valence electrons. The Balaban J connectivity index is 2.09. The summed E-state index contributed by atoms with van der Waals surface area (Å²) in [4.78, 5) is 0. The monoisotopic (exact) mass is 252 g/mol. The summed E-state index contributed by atoms with van der Waals surface area (Å²) >= 11 is 0. The van der Waals surface area contributed by atoms with Crippen LogP contribution in [0.3, 0.4) is 0 Å². The number of rotatable bonds is 5. The fourth-order valence-corrected chi connectivity index (χ4v) is 2.12.